The number of benzene rings is 1. The zero-order valence-electron chi connectivity index (χ0n) is 13.2. The van der Waals surface area contributed by atoms with E-state index < -0.39 is 17.8 Å². The number of halogens is 3. The summed E-state index contributed by atoms with van der Waals surface area (Å²) < 4.78 is 42.9. The van der Waals surface area contributed by atoms with Gasteiger partial charge >= 0.3 is 18.2 Å². The van der Waals surface area contributed by atoms with E-state index in [9.17, 15) is 18.0 Å². The minimum Gasteiger partial charge on any atom is -0.467 e. The normalized spacial score (nSPS) is 11.1. The first-order valence-corrected chi connectivity index (χ1v) is 6.85. The first kappa shape index (κ1) is 17.5. The number of aryl methyl sites for hydroxylation is 2. The van der Waals surface area contributed by atoms with Crippen LogP contribution in [-0.4, -0.2) is 23.1 Å². The molecule has 0 spiro atoms. The summed E-state index contributed by atoms with van der Waals surface area (Å²) in [7, 11) is 1.42. The van der Waals surface area contributed by atoms with Crippen molar-refractivity contribution in [3.63, 3.8) is 0 Å². The lowest BCUT2D eigenvalue weighted by molar-refractivity contribution is -0.137. The lowest BCUT2D eigenvalue weighted by Gasteiger charge is -2.13. The van der Waals surface area contributed by atoms with E-state index in [1.165, 1.54) is 19.2 Å². The SMILES string of the molecule is COc1nc(C)c(NC(=O)Nc2cccc(C(F)(F)F)c2)c(C)n1. The van der Waals surface area contributed by atoms with E-state index in [0.29, 0.717) is 17.1 Å². The Morgan fingerprint density at radius 2 is 1.75 bits per heavy atom. The Morgan fingerprint density at radius 3 is 2.29 bits per heavy atom. The first-order valence-electron chi connectivity index (χ1n) is 6.85. The molecule has 1 aromatic carbocycles. The van der Waals surface area contributed by atoms with Gasteiger partial charge in [-0.05, 0) is 32.0 Å². The number of alkyl halides is 3. The quantitative estimate of drug-likeness (QED) is 0.892. The third-order valence-electron chi connectivity index (χ3n) is 3.12. The van der Waals surface area contributed by atoms with E-state index in [-0.39, 0.29) is 11.7 Å². The summed E-state index contributed by atoms with van der Waals surface area (Å²) in [6, 6.07) is 3.81. The van der Waals surface area contributed by atoms with Gasteiger partial charge in [-0.3, -0.25) is 0 Å². The average Bonchev–Trinajstić information content (AvgIpc) is 2.50. The van der Waals surface area contributed by atoms with E-state index >= 15 is 0 Å². The van der Waals surface area contributed by atoms with Gasteiger partial charge in [-0.2, -0.15) is 23.1 Å². The van der Waals surface area contributed by atoms with E-state index in [1.807, 2.05) is 0 Å². The van der Waals surface area contributed by atoms with Gasteiger partial charge in [0.2, 0.25) is 0 Å². The average molecular weight is 340 g/mol. The fraction of sp³-hybridized carbons (Fsp3) is 0.267. The summed E-state index contributed by atoms with van der Waals surface area (Å²) in [5.74, 6) is 0. The predicted molar refractivity (Wildman–Crippen MR) is 82.1 cm³/mol. The molecule has 128 valence electrons. The number of aromatic nitrogens is 2. The van der Waals surface area contributed by atoms with Crippen LogP contribution in [0.3, 0.4) is 0 Å². The van der Waals surface area contributed by atoms with Crippen LogP contribution in [0.4, 0.5) is 29.3 Å². The number of nitrogens with zero attached hydrogens (tertiary/aromatic N) is 2. The van der Waals surface area contributed by atoms with Crippen molar-refractivity contribution in [3.8, 4) is 6.01 Å². The number of hydrogen-bond acceptors (Lipinski definition) is 4. The molecule has 0 radical (unpaired) electrons. The number of amides is 2. The largest absolute Gasteiger partial charge is 0.467 e. The van der Waals surface area contributed by atoms with Gasteiger partial charge in [-0.15, -0.1) is 0 Å². The summed E-state index contributed by atoms with van der Waals surface area (Å²) in [6.45, 7) is 3.30. The zero-order chi connectivity index (χ0) is 17.9. The molecule has 2 rings (SSSR count). The van der Waals surface area contributed by atoms with Gasteiger partial charge in [-0.1, -0.05) is 6.07 Å². The van der Waals surface area contributed by atoms with Crippen LogP contribution in [0.25, 0.3) is 0 Å². The highest BCUT2D eigenvalue weighted by Crippen LogP contribution is 2.30. The van der Waals surface area contributed by atoms with Crippen molar-refractivity contribution in [2.24, 2.45) is 0 Å². The Morgan fingerprint density at radius 1 is 1.12 bits per heavy atom. The molecule has 24 heavy (non-hydrogen) atoms. The van der Waals surface area contributed by atoms with Gasteiger partial charge < -0.3 is 15.4 Å². The van der Waals surface area contributed by atoms with E-state index in [0.717, 1.165) is 12.1 Å². The molecule has 0 aliphatic heterocycles. The zero-order valence-corrected chi connectivity index (χ0v) is 13.2. The molecule has 0 saturated carbocycles. The van der Waals surface area contributed by atoms with Crippen molar-refractivity contribution in [2.75, 3.05) is 17.7 Å². The molecule has 2 aromatic rings. The molecule has 9 heteroatoms. The van der Waals surface area contributed by atoms with E-state index in [2.05, 4.69) is 20.6 Å². The van der Waals surface area contributed by atoms with Crippen molar-refractivity contribution in [1.29, 1.82) is 0 Å². The van der Waals surface area contributed by atoms with Gasteiger partial charge in [-0.25, -0.2) is 4.79 Å². The van der Waals surface area contributed by atoms with Crippen molar-refractivity contribution >= 4 is 17.4 Å². The number of urea groups is 1. The van der Waals surface area contributed by atoms with Gasteiger partial charge in [0.15, 0.2) is 0 Å². The molecule has 0 saturated heterocycles. The summed E-state index contributed by atoms with van der Waals surface area (Å²) in [5, 5.41) is 4.87. The van der Waals surface area contributed by atoms with Gasteiger partial charge in [0, 0.05) is 5.69 Å². The molecule has 1 aromatic heterocycles. The van der Waals surface area contributed by atoms with Crippen LogP contribution in [-0.2, 0) is 6.18 Å². The fourth-order valence-electron chi connectivity index (χ4n) is 2.01. The Kier molecular flexibility index (Phi) is 4.91. The second-order valence-corrected chi connectivity index (χ2v) is 4.91. The van der Waals surface area contributed by atoms with E-state index in [1.54, 1.807) is 13.8 Å². The third-order valence-corrected chi connectivity index (χ3v) is 3.12. The number of ether oxygens (including phenoxy) is 1. The highest BCUT2D eigenvalue weighted by atomic mass is 19.4. The van der Waals surface area contributed by atoms with Crippen LogP contribution in [0.1, 0.15) is 17.0 Å². The third kappa shape index (κ3) is 4.12. The van der Waals surface area contributed by atoms with Crippen LogP contribution in [0.2, 0.25) is 0 Å². The molecular weight excluding hydrogens is 325 g/mol. The molecule has 2 amide bonds. The highest BCUT2D eigenvalue weighted by Gasteiger charge is 2.30. The van der Waals surface area contributed by atoms with Gasteiger partial charge in [0.05, 0.1) is 29.7 Å². The Hall–Kier alpha value is -2.84. The van der Waals surface area contributed by atoms with Crippen LogP contribution in [0.15, 0.2) is 24.3 Å². The van der Waals surface area contributed by atoms with Crippen LogP contribution < -0.4 is 15.4 Å². The molecule has 0 fully saturated rings. The molecule has 0 aliphatic rings. The molecule has 0 atom stereocenters. The number of anilines is 2. The number of nitrogens with one attached hydrogen (secondary N) is 2. The van der Waals surface area contributed by atoms with Crippen molar-refractivity contribution in [1.82, 2.24) is 9.97 Å². The summed E-state index contributed by atoms with van der Waals surface area (Å²) in [4.78, 5) is 20.1. The van der Waals surface area contributed by atoms with Crippen LogP contribution in [0, 0.1) is 13.8 Å². The monoisotopic (exact) mass is 340 g/mol. The smallest absolute Gasteiger partial charge is 0.416 e. The van der Waals surface area contributed by atoms with Crippen molar-refractivity contribution in [2.45, 2.75) is 20.0 Å². The number of rotatable bonds is 3. The number of carbonyl (C=O) groups is 1. The Bertz CT molecular complexity index is 740. The Labute approximate surface area is 136 Å². The molecule has 6 nitrogen and oxygen atoms in total. The molecule has 0 unspecified atom stereocenters. The second-order valence-electron chi connectivity index (χ2n) is 4.91. The van der Waals surface area contributed by atoms with Gasteiger partial charge in [0.1, 0.15) is 0 Å². The maximum absolute atomic E-state index is 12.7. The predicted octanol–water partition coefficient (Wildman–Crippen LogP) is 3.76. The van der Waals surface area contributed by atoms with Crippen LogP contribution in [0.5, 0.6) is 6.01 Å². The fourth-order valence-corrected chi connectivity index (χ4v) is 2.01. The van der Waals surface area contributed by atoms with E-state index in [4.69, 9.17) is 4.74 Å². The molecule has 0 bridgehead atoms. The maximum atomic E-state index is 12.7. The number of hydrogen-bond donors (Lipinski definition) is 2. The summed E-state index contributed by atoms with van der Waals surface area (Å²) >= 11 is 0. The van der Waals surface area contributed by atoms with Crippen molar-refractivity contribution in [3.05, 3.63) is 41.2 Å². The number of carbonyl (C=O) groups excluding carboxylic acids is 1. The molecular formula is C15H15F3N4O2. The topological polar surface area (TPSA) is 76.1 Å². The summed E-state index contributed by atoms with van der Waals surface area (Å²) in [6.07, 6.45) is -4.48. The van der Waals surface area contributed by atoms with Crippen LogP contribution >= 0.6 is 0 Å². The number of methoxy groups -OCH3 is 1. The maximum Gasteiger partial charge on any atom is 0.416 e. The molecule has 0 aliphatic carbocycles. The standard InChI is InChI=1S/C15H15F3N4O2/c1-8-12(9(2)20-14(19-8)24-3)22-13(23)21-11-6-4-5-10(7-11)15(16,17)18/h4-7H,1-3H3,(H2,21,22,23). The van der Waals surface area contributed by atoms with Crippen molar-refractivity contribution < 1.29 is 22.7 Å². The molecule has 1 heterocycles. The second kappa shape index (κ2) is 6.73. The Balaban J connectivity index is 2.15. The first-order chi connectivity index (χ1) is 11.2. The lowest BCUT2D eigenvalue weighted by Crippen LogP contribution is -2.21. The van der Waals surface area contributed by atoms with Gasteiger partial charge in [0.25, 0.3) is 0 Å². The minimum atomic E-state index is -4.48. The molecule has 2 N–H and O–H groups in total. The lowest BCUT2D eigenvalue weighted by atomic mass is 10.2. The summed E-state index contributed by atoms with van der Waals surface area (Å²) in [5.41, 5.74) is 0.477. The minimum absolute atomic E-state index is 0.0204. The highest BCUT2D eigenvalue weighted by molar-refractivity contribution is 6.00.